The van der Waals surface area contributed by atoms with Crippen molar-refractivity contribution in [1.29, 1.82) is 0 Å². The minimum atomic E-state index is 0.223. The van der Waals surface area contributed by atoms with Crippen LogP contribution in [-0.4, -0.2) is 49.0 Å². The van der Waals surface area contributed by atoms with E-state index in [1.165, 1.54) is 24.2 Å². The van der Waals surface area contributed by atoms with Crippen LogP contribution in [0.2, 0.25) is 0 Å². The van der Waals surface area contributed by atoms with Crippen molar-refractivity contribution < 1.29 is 4.79 Å². The number of fused-ring (bicyclic) bond motifs is 1. The standard InChI is InChI=1S/C20H30N4OS/c1-2-21-20(23-15-17-8-6-14-26-17)22-12-5-10-19(25)24-13-11-16-7-3-4-9-18(16)24/h3-4,7,9,17H,2,5-6,8,10-15H2,1H3,(H2,21,22,23). The van der Waals surface area contributed by atoms with Crippen LogP contribution >= 0.6 is 11.8 Å². The molecule has 2 heterocycles. The molecule has 1 fully saturated rings. The molecule has 26 heavy (non-hydrogen) atoms. The fourth-order valence-corrected chi connectivity index (χ4v) is 4.68. The van der Waals surface area contributed by atoms with Crippen molar-refractivity contribution in [2.24, 2.45) is 4.99 Å². The van der Waals surface area contributed by atoms with Gasteiger partial charge in [0.25, 0.3) is 0 Å². The lowest BCUT2D eigenvalue weighted by Gasteiger charge is -2.17. The van der Waals surface area contributed by atoms with E-state index in [1.807, 2.05) is 28.8 Å². The maximum absolute atomic E-state index is 12.5. The summed E-state index contributed by atoms with van der Waals surface area (Å²) in [6.45, 7) is 5.39. The Hall–Kier alpha value is -1.69. The number of thioether (sulfide) groups is 1. The van der Waals surface area contributed by atoms with Crippen LogP contribution in [0.15, 0.2) is 29.3 Å². The number of hydrogen-bond acceptors (Lipinski definition) is 3. The van der Waals surface area contributed by atoms with E-state index in [1.54, 1.807) is 0 Å². The van der Waals surface area contributed by atoms with E-state index in [2.05, 4.69) is 29.7 Å². The minimum absolute atomic E-state index is 0.223. The first-order valence-electron chi connectivity index (χ1n) is 9.80. The molecular formula is C20H30N4OS. The van der Waals surface area contributed by atoms with Crippen LogP contribution in [0.1, 0.15) is 38.2 Å². The molecule has 5 nitrogen and oxygen atoms in total. The molecule has 0 aromatic heterocycles. The molecule has 0 saturated carbocycles. The van der Waals surface area contributed by atoms with Crippen LogP contribution in [0.3, 0.4) is 0 Å². The Labute approximate surface area is 161 Å². The van der Waals surface area contributed by atoms with E-state index in [-0.39, 0.29) is 5.91 Å². The van der Waals surface area contributed by atoms with Crippen LogP contribution in [-0.2, 0) is 11.2 Å². The summed E-state index contributed by atoms with van der Waals surface area (Å²) in [5, 5.41) is 7.33. The summed E-state index contributed by atoms with van der Waals surface area (Å²) < 4.78 is 0. The van der Waals surface area contributed by atoms with Crippen molar-refractivity contribution in [3.05, 3.63) is 29.8 Å². The SMILES string of the molecule is CCNC(=NCC1CCCS1)NCCCC(=O)N1CCc2ccccc21. The summed E-state index contributed by atoms with van der Waals surface area (Å²) in [4.78, 5) is 19.2. The molecule has 0 aliphatic carbocycles. The molecule has 1 atom stereocenters. The van der Waals surface area contributed by atoms with Gasteiger partial charge in [-0.3, -0.25) is 9.79 Å². The Morgan fingerprint density at radius 2 is 2.23 bits per heavy atom. The monoisotopic (exact) mass is 374 g/mol. The van der Waals surface area contributed by atoms with Crippen LogP contribution < -0.4 is 15.5 Å². The first-order valence-corrected chi connectivity index (χ1v) is 10.8. The lowest BCUT2D eigenvalue weighted by Crippen LogP contribution is -2.38. The molecule has 0 bridgehead atoms. The molecule has 1 unspecified atom stereocenters. The van der Waals surface area contributed by atoms with E-state index >= 15 is 0 Å². The van der Waals surface area contributed by atoms with Gasteiger partial charge >= 0.3 is 0 Å². The minimum Gasteiger partial charge on any atom is -0.357 e. The van der Waals surface area contributed by atoms with Crippen molar-refractivity contribution in [3.63, 3.8) is 0 Å². The van der Waals surface area contributed by atoms with Crippen molar-refractivity contribution >= 4 is 29.3 Å². The zero-order chi connectivity index (χ0) is 18.2. The number of carbonyl (C=O) groups is 1. The third kappa shape index (κ3) is 5.16. The van der Waals surface area contributed by atoms with E-state index in [4.69, 9.17) is 4.99 Å². The number of aliphatic imine (C=N–C) groups is 1. The number of benzene rings is 1. The first-order chi connectivity index (χ1) is 12.8. The normalized spacial score (nSPS) is 19.5. The number of rotatable bonds is 7. The molecule has 142 valence electrons. The maximum atomic E-state index is 12.5. The van der Waals surface area contributed by atoms with Gasteiger partial charge in [-0.1, -0.05) is 18.2 Å². The topological polar surface area (TPSA) is 56.7 Å². The third-order valence-electron chi connectivity index (χ3n) is 4.87. The number of guanidine groups is 1. The predicted octanol–water partition coefficient (Wildman–Crippen LogP) is 2.81. The summed E-state index contributed by atoms with van der Waals surface area (Å²) >= 11 is 2.03. The smallest absolute Gasteiger partial charge is 0.227 e. The molecule has 1 amide bonds. The Balaban J connectivity index is 1.40. The zero-order valence-electron chi connectivity index (χ0n) is 15.7. The number of carbonyl (C=O) groups excluding carboxylic acids is 1. The fraction of sp³-hybridized carbons (Fsp3) is 0.600. The highest BCUT2D eigenvalue weighted by Crippen LogP contribution is 2.28. The van der Waals surface area contributed by atoms with Gasteiger partial charge in [-0.05, 0) is 50.0 Å². The van der Waals surface area contributed by atoms with Gasteiger partial charge in [0, 0.05) is 37.0 Å². The Kier molecular flexibility index (Phi) is 7.23. The summed E-state index contributed by atoms with van der Waals surface area (Å²) in [7, 11) is 0. The number of nitrogens with one attached hydrogen (secondary N) is 2. The van der Waals surface area contributed by atoms with E-state index < -0.39 is 0 Å². The van der Waals surface area contributed by atoms with Gasteiger partial charge in [0.1, 0.15) is 0 Å². The Morgan fingerprint density at radius 3 is 3.04 bits per heavy atom. The molecule has 1 saturated heterocycles. The molecule has 0 radical (unpaired) electrons. The van der Waals surface area contributed by atoms with Crippen LogP contribution in [0.4, 0.5) is 5.69 Å². The zero-order valence-corrected chi connectivity index (χ0v) is 16.5. The number of para-hydroxylation sites is 1. The molecule has 3 rings (SSSR count). The second-order valence-electron chi connectivity index (χ2n) is 6.81. The second kappa shape index (κ2) is 9.86. The highest BCUT2D eigenvalue weighted by atomic mass is 32.2. The number of amides is 1. The van der Waals surface area contributed by atoms with Crippen molar-refractivity contribution in [3.8, 4) is 0 Å². The Bertz CT molecular complexity index is 628. The molecule has 6 heteroatoms. The summed E-state index contributed by atoms with van der Waals surface area (Å²) in [6.07, 6.45) is 4.95. The van der Waals surface area contributed by atoms with Crippen LogP contribution in [0, 0.1) is 0 Å². The van der Waals surface area contributed by atoms with Crippen molar-refractivity contribution in [1.82, 2.24) is 10.6 Å². The van der Waals surface area contributed by atoms with Gasteiger partial charge < -0.3 is 15.5 Å². The highest BCUT2D eigenvalue weighted by molar-refractivity contribution is 8.00. The maximum Gasteiger partial charge on any atom is 0.227 e. The molecule has 2 aliphatic rings. The molecule has 1 aromatic carbocycles. The Morgan fingerprint density at radius 1 is 1.35 bits per heavy atom. The van der Waals surface area contributed by atoms with Crippen LogP contribution in [0.5, 0.6) is 0 Å². The number of hydrogen-bond donors (Lipinski definition) is 2. The number of anilines is 1. The van der Waals surface area contributed by atoms with Crippen molar-refractivity contribution in [2.75, 3.05) is 36.8 Å². The molecule has 0 spiro atoms. The number of nitrogens with zero attached hydrogens (tertiary/aromatic N) is 2. The lowest BCUT2D eigenvalue weighted by molar-refractivity contribution is -0.118. The van der Waals surface area contributed by atoms with E-state index in [0.29, 0.717) is 11.7 Å². The summed E-state index contributed by atoms with van der Waals surface area (Å²) in [6, 6.07) is 8.22. The lowest BCUT2D eigenvalue weighted by atomic mass is 10.2. The fourth-order valence-electron chi connectivity index (χ4n) is 3.50. The van der Waals surface area contributed by atoms with Gasteiger partial charge in [0.05, 0.1) is 6.54 Å². The van der Waals surface area contributed by atoms with Gasteiger partial charge in [-0.25, -0.2) is 0 Å². The average Bonchev–Trinajstić information content (AvgIpc) is 3.32. The molecule has 2 aliphatic heterocycles. The first kappa shape index (κ1) is 19.1. The second-order valence-corrected chi connectivity index (χ2v) is 8.22. The highest BCUT2D eigenvalue weighted by Gasteiger charge is 2.23. The van der Waals surface area contributed by atoms with Gasteiger partial charge in [-0.15, -0.1) is 0 Å². The average molecular weight is 375 g/mol. The molecule has 1 aromatic rings. The van der Waals surface area contributed by atoms with Crippen molar-refractivity contribution in [2.45, 2.75) is 44.3 Å². The molecular weight excluding hydrogens is 344 g/mol. The molecule has 2 N–H and O–H groups in total. The van der Waals surface area contributed by atoms with Gasteiger partial charge in [0.15, 0.2) is 5.96 Å². The summed E-state index contributed by atoms with van der Waals surface area (Å²) in [5.74, 6) is 2.37. The largest absolute Gasteiger partial charge is 0.357 e. The van der Waals surface area contributed by atoms with Gasteiger partial charge in [-0.2, -0.15) is 11.8 Å². The van der Waals surface area contributed by atoms with Gasteiger partial charge in [0.2, 0.25) is 5.91 Å². The van der Waals surface area contributed by atoms with E-state index in [0.717, 1.165) is 50.7 Å². The van der Waals surface area contributed by atoms with E-state index in [9.17, 15) is 4.79 Å². The predicted molar refractivity (Wildman–Crippen MR) is 111 cm³/mol. The summed E-state index contributed by atoms with van der Waals surface area (Å²) in [5.41, 5.74) is 2.37. The third-order valence-corrected chi connectivity index (χ3v) is 6.25. The van der Waals surface area contributed by atoms with Crippen LogP contribution in [0.25, 0.3) is 0 Å². The quantitative estimate of drug-likeness (QED) is 0.438.